The number of hydrogen-bond donors (Lipinski definition) is 1. The lowest BCUT2D eigenvalue weighted by Gasteiger charge is -2.29. The zero-order valence-corrected chi connectivity index (χ0v) is 10.9. The highest BCUT2D eigenvalue weighted by molar-refractivity contribution is 6.31. The average Bonchev–Trinajstić information content (AvgIpc) is 2.68. The van der Waals surface area contributed by atoms with Gasteiger partial charge in [-0.25, -0.2) is 4.68 Å². The molecule has 0 saturated heterocycles. The summed E-state index contributed by atoms with van der Waals surface area (Å²) in [5, 5.41) is 5.06. The highest BCUT2D eigenvalue weighted by Crippen LogP contribution is 2.36. The minimum Gasteiger partial charge on any atom is -0.366 e. The summed E-state index contributed by atoms with van der Waals surface area (Å²) in [6.45, 7) is 3.02. The molecule has 0 aliphatic carbocycles. The molecule has 5 heteroatoms. The van der Waals surface area contributed by atoms with E-state index in [1.165, 1.54) is 5.56 Å². The Hall–Kier alpha value is -1.55. The van der Waals surface area contributed by atoms with E-state index < -0.39 is 0 Å². The molecule has 2 atom stereocenters. The Bertz CT molecular complexity index is 578. The van der Waals surface area contributed by atoms with Crippen LogP contribution < -0.4 is 5.73 Å². The van der Waals surface area contributed by atoms with E-state index >= 15 is 0 Å². The monoisotopic (exact) mass is 262 g/mol. The van der Waals surface area contributed by atoms with Gasteiger partial charge in [0, 0.05) is 17.4 Å². The molecule has 0 radical (unpaired) electrons. The minimum atomic E-state index is 0.358. The quantitative estimate of drug-likeness (QED) is 0.859. The second-order valence-corrected chi connectivity index (χ2v) is 5.28. The van der Waals surface area contributed by atoms with Crippen LogP contribution >= 0.6 is 11.6 Å². The Morgan fingerprint density at radius 1 is 1.39 bits per heavy atom. The van der Waals surface area contributed by atoms with E-state index in [0.717, 1.165) is 23.8 Å². The van der Waals surface area contributed by atoms with Gasteiger partial charge >= 0.3 is 0 Å². The summed E-state index contributed by atoms with van der Waals surface area (Å²) in [5.41, 5.74) is 6.84. The molecule has 0 saturated carbocycles. The molecular formula is C13H15ClN4. The summed E-state index contributed by atoms with van der Waals surface area (Å²) in [5.74, 6) is 2.19. The molecule has 0 amide bonds. The van der Waals surface area contributed by atoms with E-state index in [1.807, 2.05) is 22.9 Å². The van der Waals surface area contributed by atoms with Gasteiger partial charge in [0.2, 0.25) is 5.95 Å². The predicted molar refractivity (Wildman–Crippen MR) is 71.5 cm³/mol. The first-order valence-electron chi connectivity index (χ1n) is 6.09. The fraction of sp³-hybridized carbons (Fsp3) is 0.385. The number of nitrogen functional groups attached to an aromatic ring is 1. The van der Waals surface area contributed by atoms with E-state index in [2.05, 4.69) is 23.1 Å². The molecule has 4 nitrogen and oxygen atoms in total. The van der Waals surface area contributed by atoms with Crippen molar-refractivity contribution >= 4 is 17.5 Å². The summed E-state index contributed by atoms with van der Waals surface area (Å²) in [6, 6.07) is 8.01. The molecular weight excluding hydrogens is 248 g/mol. The van der Waals surface area contributed by atoms with Crippen LogP contribution in [0.15, 0.2) is 24.3 Å². The van der Waals surface area contributed by atoms with Crippen molar-refractivity contribution in [1.29, 1.82) is 0 Å². The van der Waals surface area contributed by atoms with E-state index in [4.69, 9.17) is 17.3 Å². The van der Waals surface area contributed by atoms with Gasteiger partial charge in [-0.3, -0.25) is 0 Å². The minimum absolute atomic E-state index is 0.358. The van der Waals surface area contributed by atoms with Crippen molar-refractivity contribution in [3.8, 4) is 0 Å². The Kier molecular flexibility index (Phi) is 2.74. The molecule has 2 unspecified atom stereocenters. The van der Waals surface area contributed by atoms with Crippen LogP contribution in [0, 0.1) is 5.92 Å². The maximum atomic E-state index is 6.29. The first-order valence-corrected chi connectivity index (χ1v) is 6.46. The molecule has 2 N–H and O–H groups in total. The Morgan fingerprint density at radius 3 is 2.94 bits per heavy atom. The zero-order chi connectivity index (χ0) is 12.7. The van der Waals surface area contributed by atoms with Crippen molar-refractivity contribution in [2.24, 2.45) is 5.92 Å². The van der Waals surface area contributed by atoms with Crippen molar-refractivity contribution in [1.82, 2.24) is 14.8 Å². The van der Waals surface area contributed by atoms with Crippen LogP contribution in [0.25, 0.3) is 0 Å². The van der Waals surface area contributed by atoms with Crippen LogP contribution in [-0.4, -0.2) is 14.8 Å². The standard InChI is InChI=1S/C13H15ClN4/c1-8-6-12-16-13(15)17-18(12)7-10(8)9-4-2-3-5-11(9)14/h2-5,8,10H,6-7H2,1H3,(H2,15,17). The third-order valence-electron chi connectivity index (χ3n) is 3.63. The normalized spacial score (nSPS) is 22.8. The highest BCUT2D eigenvalue weighted by atomic mass is 35.5. The molecule has 1 aromatic carbocycles. The third kappa shape index (κ3) is 1.86. The Labute approximate surface area is 111 Å². The van der Waals surface area contributed by atoms with Gasteiger partial charge in [-0.2, -0.15) is 4.98 Å². The maximum absolute atomic E-state index is 6.29. The molecule has 18 heavy (non-hydrogen) atoms. The van der Waals surface area contributed by atoms with E-state index in [1.54, 1.807) is 0 Å². The second-order valence-electron chi connectivity index (χ2n) is 4.88. The molecule has 1 aliphatic rings. The molecule has 0 bridgehead atoms. The number of benzene rings is 1. The fourth-order valence-electron chi connectivity index (χ4n) is 2.67. The van der Waals surface area contributed by atoms with Crippen LogP contribution in [0.5, 0.6) is 0 Å². The van der Waals surface area contributed by atoms with Crippen LogP contribution in [-0.2, 0) is 13.0 Å². The SMILES string of the molecule is CC1Cc2nc(N)nn2CC1c1ccccc1Cl. The van der Waals surface area contributed by atoms with Gasteiger partial charge in [0.15, 0.2) is 0 Å². The van der Waals surface area contributed by atoms with Crippen molar-refractivity contribution < 1.29 is 0 Å². The molecule has 2 aromatic rings. The molecule has 3 rings (SSSR count). The number of rotatable bonds is 1. The summed E-state index contributed by atoms with van der Waals surface area (Å²) in [4.78, 5) is 4.25. The summed E-state index contributed by atoms with van der Waals surface area (Å²) in [6.07, 6.45) is 0.889. The largest absolute Gasteiger partial charge is 0.366 e. The summed E-state index contributed by atoms with van der Waals surface area (Å²) < 4.78 is 1.91. The van der Waals surface area contributed by atoms with Gasteiger partial charge in [-0.05, 0) is 17.5 Å². The van der Waals surface area contributed by atoms with Crippen molar-refractivity contribution in [3.05, 3.63) is 40.7 Å². The number of hydrogen-bond acceptors (Lipinski definition) is 3. The van der Waals surface area contributed by atoms with E-state index in [9.17, 15) is 0 Å². The van der Waals surface area contributed by atoms with Gasteiger partial charge in [0.05, 0.1) is 6.54 Å². The number of nitrogens with zero attached hydrogens (tertiary/aromatic N) is 3. The van der Waals surface area contributed by atoms with Gasteiger partial charge in [0.1, 0.15) is 5.82 Å². The zero-order valence-electron chi connectivity index (χ0n) is 10.2. The van der Waals surface area contributed by atoms with Crippen LogP contribution in [0.2, 0.25) is 5.02 Å². The third-order valence-corrected chi connectivity index (χ3v) is 3.97. The highest BCUT2D eigenvalue weighted by Gasteiger charge is 2.29. The molecule has 94 valence electrons. The lowest BCUT2D eigenvalue weighted by Crippen LogP contribution is -2.27. The van der Waals surface area contributed by atoms with Crippen molar-refractivity contribution in [2.75, 3.05) is 5.73 Å². The number of anilines is 1. The first-order chi connectivity index (χ1) is 8.65. The van der Waals surface area contributed by atoms with Gasteiger partial charge < -0.3 is 5.73 Å². The smallest absolute Gasteiger partial charge is 0.239 e. The Morgan fingerprint density at radius 2 is 2.17 bits per heavy atom. The molecule has 1 aromatic heterocycles. The van der Waals surface area contributed by atoms with Crippen LogP contribution in [0.1, 0.15) is 24.2 Å². The van der Waals surface area contributed by atoms with Gasteiger partial charge in [-0.1, -0.05) is 36.7 Å². The molecule has 0 fully saturated rings. The number of halogens is 1. The fourth-order valence-corrected chi connectivity index (χ4v) is 2.94. The van der Waals surface area contributed by atoms with E-state index in [-0.39, 0.29) is 0 Å². The van der Waals surface area contributed by atoms with Gasteiger partial charge in [-0.15, -0.1) is 5.10 Å². The molecule has 1 aliphatic heterocycles. The van der Waals surface area contributed by atoms with Crippen LogP contribution in [0.4, 0.5) is 5.95 Å². The number of fused-ring (bicyclic) bond motifs is 1. The molecule has 0 spiro atoms. The van der Waals surface area contributed by atoms with Crippen molar-refractivity contribution in [3.63, 3.8) is 0 Å². The lowest BCUT2D eigenvalue weighted by molar-refractivity contribution is 0.330. The Balaban J connectivity index is 1.98. The summed E-state index contributed by atoms with van der Waals surface area (Å²) in [7, 11) is 0. The predicted octanol–water partition coefficient (Wildman–Crippen LogP) is 2.49. The first kappa shape index (κ1) is 11.5. The topological polar surface area (TPSA) is 56.7 Å². The van der Waals surface area contributed by atoms with E-state index in [0.29, 0.717) is 17.8 Å². The second kappa shape index (κ2) is 4.28. The maximum Gasteiger partial charge on any atom is 0.239 e. The van der Waals surface area contributed by atoms with Crippen LogP contribution in [0.3, 0.4) is 0 Å². The van der Waals surface area contributed by atoms with Crippen molar-refractivity contribution in [2.45, 2.75) is 25.8 Å². The number of aromatic nitrogens is 3. The molecule has 2 heterocycles. The average molecular weight is 263 g/mol. The van der Waals surface area contributed by atoms with Gasteiger partial charge in [0.25, 0.3) is 0 Å². The summed E-state index contributed by atoms with van der Waals surface area (Å²) >= 11 is 6.29. The number of nitrogens with two attached hydrogens (primary N) is 1. The lowest BCUT2D eigenvalue weighted by atomic mass is 9.83.